The highest BCUT2D eigenvalue weighted by Crippen LogP contribution is 2.28. The smallest absolute Gasteiger partial charge is 0.265 e. The van der Waals surface area contributed by atoms with E-state index in [9.17, 15) is 8.42 Å². The van der Waals surface area contributed by atoms with Crippen molar-refractivity contribution in [3.63, 3.8) is 0 Å². The van der Waals surface area contributed by atoms with Gasteiger partial charge in [0, 0.05) is 17.6 Å². The molecule has 1 aromatic carbocycles. The van der Waals surface area contributed by atoms with Gasteiger partial charge in [0.1, 0.15) is 10.6 Å². The average Bonchev–Trinajstić information content (AvgIpc) is 2.40. The molecule has 1 aromatic heterocycles. The summed E-state index contributed by atoms with van der Waals surface area (Å²) in [5, 5.41) is 0. The Hall–Kier alpha value is -2.28. The summed E-state index contributed by atoms with van der Waals surface area (Å²) in [5.74, 6) is 0.268. The van der Waals surface area contributed by atoms with Crippen LogP contribution in [0, 0.1) is 6.92 Å². The number of nitrogens with two attached hydrogens (primary N) is 1. The fourth-order valence-corrected chi connectivity index (χ4v) is 3.06. The van der Waals surface area contributed by atoms with Crippen molar-refractivity contribution in [1.82, 2.24) is 4.98 Å². The number of hydrogen-bond acceptors (Lipinski definition) is 5. The Morgan fingerprint density at radius 2 is 2.05 bits per heavy atom. The van der Waals surface area contributed by atoms with Crippen LogP contribution in [-0.4, -0.2) is 20.0 Å². The lowest BCUT2D eigenvalue weighted by Crippen LogP contribution is -2.15. The van der Waals surface area contributed by atoms with Crippen molar-refractivity contribution in [3.8, 4) is 5.75 Å². The molecular formula is C14H17N3O3S. The van der Waals surface area contributed by atoms with Gasteiger partial charge < -0.3 is 10.5 Å². The van der Waals surface area contributed by atoms with Gasteiger partial charge in [-0.1, -0.05) is 0 Å². The summed E-state index contributed by atoms with van der Waals surface area (Å²) in [6.07, 6.45) is 1.54. The van der Waals surface area contributed by atoms with Crippen LogP contribution in [0.1, 0.15) is 12.6 Å². The molecule has 1 heterocycles. The number of anilines is 2. The number of nitrogens with zero attached hydrogens (tertiary/aromatic N) is 1. The lowest BCUT2D eigenvalue weighted by Gasteiger charge is -2.13. The van der Waals surface area contributed by atoms with Crippen molar-refractivity contribution in [3.05, 3.63) is 42.2 Å². The van der Waals surface area contributed by atoms with Crippen LogP contribution in [0.5, 0.6) is 5.75 Å². The molecule has 2 rings (SSSR count). The molecule has 0 atom stereocenters. The number of nitrogens with one attached hydrogen (secondary N) is 1. The number of aromatic nitrogens is 1. The van der Waals surface area contributed by atoms with Crippen LogP contribution in [0.4, 0.5) is 11.4 Å². The van der Waals surface area contributed by atoms with E-state index in [4.69, 9.17) is 10.5 Å². The minimum absolute atomic E-state index is 0.0128. The summed E-state index contributed by atoms with van der Waals surface area (Å²) in [4.78, 5) is 4.04. The Balaban J connectivity index is 2.41. The van der Waals surface area contributed by atoms with Crippen LogP contribution in [0.2, 0.25) is 0 Å². The lowest BCUT2D eigenvalue weighted by atomic mass is 10.3. The minimum Gasteiger partial charge on any atom is -0.492 e. The van der Waals surface area contributed by atoms with Crippen LogP contribution in [0.15, 0.2) is 41.4 Å². The summed E-state index contributed by atoms with van der Waals surface area (Å²) >= 11 is 0. The second-order valence-electron chi connectivity index (χ2n) is 4.43. The quantitative estimate of drug-likeness (QED) is 0.826. The first-order valence-electron chi connectivity index (χ1n) is 6.40. The first kappa shape index (κ1) is 15.1. The van der Waals surface area contributed by atoms with Crippen molar-refractivity contribution in [2.75, 3.05) is 17.1 Å². The molecule has 0 aliphatic carbocycles. The summed E-state index contributed by atoms with van der Waals surface area (Å²) < 4.78 is 32.8. The van der Waals surface area contributed by atoms with E-state index in [1.54, 1.807) is 38.1 Å². The molecule has 0 amide bonds. The summed E-state index contributed by atoms with van der Waals surface area (Å²) in [5.41, 5.74) is 7.18. The Labute approximate surface area is 124 Å². The zero-order valence-electron chi connectivity index (χ0n) is 11.8. The van der Waals surface area contributed by atoms with E-state index < -0.39 is 10.0 Å². The first-order chi connectivity index (χ1) is 9.92. The topological polar surface area (TPSA) is 94.3 Å². The molecule has 2 aromatic rings. The zero-order chi connectivity index (χ0) is 15.5. The molecule has 0 saturated heterocycles. The third kappa shape index (κ3) is 3.63. The molecule has 0 aliphatic rings. The number of ether oxygens (including phenoxy) is 1. The van der Waals surface area contributed by atoms with Crippen LogP contribution < -0.4 is 15.2 Å². The standard InChI is InChI=1S/C14H17N3O3S/c1-3-20-13-5-4-11(15)9-14(13)21(18,19)17-12-6-7-16-10(2)8-12/h4-9H,3,15H2,1-2H3,(H,16,17). The molecule has 3 N–H and O–H groups in total. The van der Waals surface area contributed by atoms with Gasteiger partial charge in [-0.15, -0.1) is 0 Å². The SMILES string of the molecule is CCOc1ccc(N)cc1S(=O)(=O)Nc1ccnc(C)c1. The monoisotopic (exact) mass is 307 g/mol. The summed E-state index contributed by atoms with van der Waals surface area (Å²) in [6.45, 7) is 3.93. The van der Waals surface area contributed by atoms with Crippen molar-refractivity contribution in [2.45, 2.75) is 18.7 Å². The van der Waals surface area contributed by atoms with Crippen molar-refractivity contribution in [2.24, 2.45) is 0 Å². The maximum atomic E-state index is 12.5. The van der Waals surface area contributed by atoms with Crippen molar-refractivity contribution in [1.29, 1.82) is 0 Å². The first-order valence-corrected chi connectivity index (χ1v) is 7.88. The maximum absolute atomic E-state index is 12.5. The number of sulfonamides is 1. The number of benzene rings is 1. The Morgan fingerprint density at radius 3 is 2.71 bits per heavy atom. The van der Waals surface area contributed by atoms with E-state index in [1.165, 1.54) is 12.3 Å². The second kappa shape index (κ2) is 6.01. The number of rotatable bonds is 5. The Bertz CT molecular complexity index is 745. The molecule has 0 spiro atoms. The fourth-order valence-electron chi connectivity index (χ4n) is 1.83. The van der Waals surface area contributed by atoms with Gasteiger partial charge in [0.15, 0.2) is 0 Å². The van der Waals surface area contributed by atoms with Gasteiger partial charge in [-0.25, -0.2) is 8.42 Å². The predicted octanol–water partition coefficient (Wildman–Crippen LogP) is 2.17. The highest BCUT2D eigenvalue weighted by Gasteiger charge is 2.20. The summed E-state index contributed by atoms with van der Waals surface area (Å²) in [7, 11) is -3.79. The van der Waals surface area contributed by atoms with E-state index in [0.29, 0.717) is 23.7 Å². The molecule has 0 saturated carbocycles. The third-order valence-corrected chi connectivity index (χ3v) is 4.11. The molecule has 0 bridgehead atoms. The molecule has 0 fully saturated rings. The van der Waals surface area contributed by atoms with E-state index in [-0.39, 0.29) is 10.6 Å². The van der Waals surface area contributed by atoms with E-state index in [2.05, 4.69) is 9.71 Å². The molecule has 0 aliphatic heterocycles. The van der Waals surface area contributed by atoms with Crippen molar-refractivity contribution < 1.29 is 13.2 Å². The van der Waals surface area contributed by atoms with Crippen LogP contribution in [-0.2, 0) is 10.0 Å². The van der Waals surface area contributed by atoms with Gasteiger partial charge in [-0.2, -0.15) is 0 Å². The van der Waals surface area contributed by atoms with E-state index in [1.807, 2.05) is 0 Å². The van der Waals surface area contributed by atoms with Gasteiger partial charge in [0.2, 0.25) is 0 Å². The van der Waals surface area contributed by atoms with Gasteiger partial charge in [-0.3, -0.25) is 9.71 Å². The highest BCUT2D eigenvalue weighted by atomic mass is 32.2. The van der Waals surface area contributed by atoms with E-state index in [0.717, 1.165) is 0 Å². The predicted molar refractivity (Wildman–Crippen MR) is 81.8 cm³/mol. The summed E-state index contributed by atoms with van der Waals surface area (Å²) in [6, 6.07) is 7.74. The Morgan fingerprint density at radius 1 is 1.29 bits per heavy atom. The normalized spacial score (nSPS) is 11.1. The van der Waals surface area contributed by atoms with Gasteiger partial charge in [-0.05, 0) is 44.2 Å². The average molecular weight is 307 g/mol. The van der Waals surface area contributed by atoms with Crippen LogP contribution in [0.25, 0.3) is 0 Å². The molecule has 112 valence electrons. The highest BCUT2D eigenvalue weighted by molar-refractivity contribution is 7.92. The van der Waals surface area contributed by atoms with Gasteiger partial charge >= 0.3 is 0 Å². The van der Waals surface area contributed by atoms with Gasteiger partial charge in [0.05, 0.1) is 12.3 Å². The largest absolute Gasteiger partial charge is 0.492 e. The van der Waals surface area contributed by atoms with Gasteiger partial charge in [0.25, 0.3) is 10.0 Å². The van der Waals surface area contributed by atoms with Crippen molar-refractivity contribution >= 4 is 21.4 Å². The third-order valence-electron chi connectivity index (χ3n) is 2.71. The van der Waals surface area contributed by atoms with E-state index >= 15 is 0 Å². The number of hydrogen-bond donors (Lipinski definition) is 2. The molecule has 6 nitrogen and oxygen atoms in total. The Kier molecular flexibility index (Phi) is 4.32. The van der Waals surface area contributed by atoms with Crippen LogP contribution >= 0.6 is 0 Å². The zero-order valence-corrected chi connectivity index (χ0v) is 12.6. The molecule has 7 heteroatoms. The molecule has 21 heavy (non-hydrogen) atoms. The maximum Gasteiger partial charge on any atom is 0.265 e. The number of aryl methyl sites for hydroxylation is 1. The number of pyridine rings is 1. The van der Waals surface area contributed by atoms with Crippen LogP contribution in [0.3, 0.4) is 0 Å². The molecule has 0 unspecified atom stereocenters. The molecular weight excluding hydrogens is 290 g/mol. The molecule has 0 radical (unpaired) electrons. The fraction of sp³-hybridized carbons (Fsp3) is 0.214. The number of nitrogen functional groups attached to an aromatic ring is 1. The minimum atomic E-state index is -3.79. The lowest BCUT2D eigenvalue weighted by molar-refractivity contribution is 0.331. The second-order valence-corrected chi connectivity index (χ2v) is 6.08.